The highest BCUT2D eigenvalue weighted by Crippen LogP contribution is 2.53. The van der Waals surface area contributed by atoms with Crippen molar-refractivity contribution < 1.29 is 4.74 Å². The van der Waals surface area contributed by atoms with Crippen molar-refractivity contribution in [1.29, 1.82) is 0 Å². The Morgan fingerprint density at radius 2 is 0.794 bits per heavy atom. The summed E-state index contributed by atoms with van der Waals surface area (Å²) >= 11 is 0. The second-order valence-electron chi connectivity index (χ2n) is 17.5. The zero-order valence-electron chi connectivity index (χ0n) is 36.9. The number of ether oxygens (including phenoxy) is 1. The van der Waals surface area contributed by atoms with E-state index in [0.29, 0.717) is 17.5 Å². The SMILES string of the molecule is C1=CC2c3cc(-c4nc(-c5cccc(-c6ccccc6)c5)nc(-c5cccc(-c6ccccc6)c5)n4)ccc3OC2c2c1n(-c1ccc(-c3cccc(-c4ccccc4)c3)cc1)c1ccccc21. The second-order valence-corrected chi connectivity index (χ2v) is 17.5. The molecule has 0 radical (unpaired) electrons. The lowest BCUT2D eigenvalue weighted by Crippen LogP contribution is -2.13. The van der Waals surface area contributed by atoms with Crippen LogP contribution in [0.4, 0.5) is 0 Å². The van der Waals surface area contributed by atoms with Crippen LogP contribution < -0.4 is 4.74 Å². The summed E-state index contributed by atoms with van der Waals surface area (Å²) in [5.74, 6) is 2.72. The molecule has 2 aromatic heterocycles. The van der Waals surface area contributed by atoms with Crippen molar-refractivity contribution in [3.05, 3.63) is 253 Å². The molecule has 5 heteroatoms. The predicted molar refractivity (Wildman–Crippen MR) is 276 cm³/mol. The molecule has 1 aliphatic heterocycles. The van der Waals surface area contributed by atoms with Gasteiger partial charge in [0.25, 0.3) is 0 Å². The zero-order chi connectivity index (χ0) is 45.0. The van der Waals surface area contributed by atoms with Crippen LogP contribution in [-0.4, -0.2) is 19.5 Å². The van der Waals surface area contributed by atoms with Gasteiger partial charge in [-0.25, -0.2) is 15.0 Å². The van der Waals surface area contributed by atoms with Gasteiger partial charge in [0.15, 0.2) is 17.5 Å². The minimum absolute atomic E-state index is 0.00172. The number of hydrogen-bond donors (Lipinski definition) is 0. The van der Waals surface area contributed by atoms with Crippen LogP contribution in [0, 0.1) is 0 Å². The molecule has 0 bridgehead atoms. The molecule has 68 heavy (non-hydrogen) atoms. The molecule has 320 valence electrons. The summed E-state index contributed by atoms with van der Waals surface area (Å²) in [5.41, 5.74) is 17.7. The Balaban J connectivity index is 0.871. The highest BCUT2D eigenvalue weighted by atomic mass is 16.5. The van der Waals surface area contributed by atoms with Crippen molar-refractivity contribution in [3.63, 3.8) is 0 Å². The average Bonchev–Trinajstić information content (AvgIpc) is 3.97. The summed E-state index contributed by atoms with van der Waals surface area (Å²) < 4.78 is 9.37. The first kappa shape index (κ1) is 39.4. The Morgan fingerprint density at radius 3 is 1.34 bits per heavy atom. The standard InChI is InChI=1S/C63H42N4O/c1-4-15-41(16-5-1)45-21-12-22-46(37-45)44-29-32-52(33-30-44)67-56-28-11-10-27-54(56)59-57(67)35-34-53-55-40-51(31-36-58(55)68-60(53)59)63-65-61(49-25-13-23-47(38-49)42-17-6-2-7-18-42)64-62(66-63)50-26-14-24-48(39-50)43-19-8-3-9-20-43/h1-40,53,60H. The van der Waals surface area contributed by atoms with Crippen LogP contribution in [0.2, 0.25) is 0 Å². The van der Waals surface area contributed by atoms with E-state index in [-0.39, 0.29) is 12.0 Å². The van der Waals surface area contributed by atoms with E-state index >= 15 is 0 Å². The molecule has 0 N–H and O–H groups in total. The Labute approximate surface area is 395 Å². The lowest BCUT2D eigenvalue weighted by molar-refractivity contribution is 0.224. The summed E-state index contributed by atoms with van der Waals surface area (Å²) in [6.07, 6.45) is 4.41. The Bertz CT molecular complexity index is 3610. The van der Waals surface area contributed by atoms with Gasteiger partial charge in [0.05, 0.1) is 11.2 Å². The van der Waals surface area contributed by atoms with Gasteiger partial charge >= 0.3 is 0 Å². The summed E-state index contributed by atoms with van der Waals surface area (Å²) in [6, 6.07) is 81.1. The molecule has 2 aliphatic rings. The summed E-state index contributed by atoms with van der Waals surface area (Å²) in [6.45, 7) is 0. The van der Waals surface area contributed by atoms with Crippen LogP contribution >= 0.6 is 0 Å². The predicted octanol–water partition coefficient (Wildman–Crippen LogP) is 15.7. The van der Waals surface area contributed by atoms with E-state index in [0.717, 1.165) is 67.2 Å². The van der Waals surface area contributed by atoms with E-state index in [2.05, 4.69) is 235 Å². The first-order chi connectivity index (χ1) is 33.7. The normalized spacial score (nSPS) is 14.5. The van der Waals surface area contributed by atoms with Gasteiger partial charge in [-0.3, -0.25) is 0 Å². The van der Waals surface area contributed by atoms with Crippen LogP contribution in [0.5, 0.6) is 5.75 Å². The highest BCUT2D eigenvalue weighted by Gasteiger charge is 2.40. The zero-order valence-corrected chi connectivity index (χ0v) is 36.9. The topological polar surface area (TPSA) is 52.8 Å². The summed E-state index contributed by atoms with van der Waals surface area (Å²) in [4.78, 5) is 15.6. The first-order valence-corrected chi connectivity index (χ1v) is 23.2. The van der Waals surface area contributed by atoms with Crippen LogP contribution in [-0.2, 0) is 0 Å². The van der Waals surface area contributed by atoms with Gasteiger partial charge < -0.3 is 9.30 Å². The number of rotatable bonds is 8. The minimum Gasteiger partial charge on any atom is -0.484 e. The molecule has 1 aliphatic carbocycles. The molecule has 2 atom stereocenters. The van der Waals surface area contributed by atoms with Crippen LogP contribution in [0.1, 0.15) is 28.8 Å². The van der Waals surface area contributed by atoms with Crippen molar-refractivity contribution in [2.24, 2.45) is 0 Å². The number of benzene rings is 9. The molecule has 0 spiro atoms. The quantitative estimate of drug-likeness (QED) is 0.153. The second kappa shape index (κ2) is 16.5. The van der Waals surface area contributed by atoms with Crippen LogP contribution in [0.25, 0.3) is 101 Å². The number of para-hydroxylation sites is 1. The molecule has 5 nitrogen and oxygen atoms in total. The Kier molecular flexibility index (Phi) is 9.57. The Hall–Kier alpha value is -8.93. The molecule has 11 aromatic rings. The molecule has 0 saturated carbocycles. The van der Waals surface area contributed by atoms with Gasteiger partial charge in [0.1, 0.15) is 11.9 Å². The van der Waals surface area contributed by atoms with E-state index in [1.165, 1.54) is 33.2 Å². The minimum atomic E-state index is -0.197. The molecular weight excluding hydrogens is 829 g/mol. The molecule has 2 unspecified atom stereocenters. The highest BCUT2D eigenvalue weighted by molar-refractivity contribution is 5.92. The van der Waals surface area contributed by atoms with Gasteiger partial charge in [0.2, 0.25) is 0 Å². The molecular formula is C63H42N4O. The van der Waals surface area contributed by atoms with Crippen molar-refractivity contribution in [2.45, 2.75) is 12.0 Å². The van der Waals surface area contributed by atoms with E-state index in [1.54, 1.807) is 0 Å². The maximum atomic E-state index is 6.99. The third-order valence-electron chi connectivity index (χ3n) is 13.4. The van der Waals surface area contributed by atoms with Crippen LogP contribution in [0.15, 0.2) is 237 Å². The maximum Gasteiger partial charge on any atom is 0.164 e. The van der Waals surface area contributed by atoms with Gasteiger partial charge in [-0.05, 0) is 105 Å². The smallest absolute Gasteiger partial charge is 0.164 e. The average molecular weight is 871 g/mol. The molecule has 3 heterocycles. The van der Waals surface area contributed by atoms with Crippen molar-refractivity contribution in [1.82, 2.24) is 19.5 Å². The monoisotopic (exact) mass is 870 g/mol. The number of nitrogens with zero attached hydrogens (tertiary/aromatic N) is 4. The summed E-state index contributed by atoms with van der Waals surface area (Å²) in [7, 11) is 0. The maximum absolute atomic E-state index is 6.99. The number of aromatic nitrogens is 4. The fourth-order valence-electron chi connectivity index (χ4n) is 10.1. The van der Waals surface area contributed by atoms with Crippen molar-refractivity contribution >= 4 is 17.0 Å². The van der Waals surface area contributed by atoms with Crippen molar-refractivity contribution in [3.8, 4) is 90.1 Å². The lowest BCUT2D eigenvalue weighted by atomic mass is 9.85. The molecule has 0 saturated heterocycles. The third kappa shape index (κ3) is 7.00. The summed E-state index contributed by atoms with van der Waals surface area (Å²) in [5, 5.41) is 1.19. The van der Waals surface area contributed by atoms with Gasteiger partial charge in [-0.1, -0.05) is 182 Å². The first-order valence-electron chi connectivity index (χ1n) is 23.2. The Morgan fingerprint density at radius 1 is 0.368 bits per heavy atom. The number of fused-ring (bicyclic) bond motifs is 7. The van der Waals surface area contributed by atoms with Gasteiger partial charge in [0, 0.05) is 44.8 Å². The lowest BCUT2D eigenvalue weighted by Gasteiger charge is -2.22. The van der Waals surface area contributed by atoms with Gasteiger partial charge in [-0.15, -0.1) is 0 Å². The molecule has 9 aromatic carbocycles. The number of hydrogen-bond acceptors (Lipinski definition) is 4. The van der Waals surface area contributed by atoms with Crippen molar-refractivity contribution in [2.75, 3.05) is 0 Å². The largest absolute Gasteiger partial charge is 0.484 e. The fraction of sp³-hybridized carbons (Fsp3) is 0.0317. The van der Waals surface area contributed by atoms with E-state index in [4.69, 9.17) is 19.7 Å². The molecule has 0 fully saturated rings. The van der Waals surface area contributed by atoms with Crippen LogP contribution in [0.3, 0.4) is 0 Å². The fourth-order valence-corrected chi connectivity index (χ4v) is 10.1. The molecule has 0 amide bonds. The molecule has 13 rings (SSSR count). The van der Waals surface area contributed by atoms with E-state index in [1.807, 2.05) is 12.1 Å². The van der Waals surface area contributed by atoms with E-state index < -0.39 is 0 Å². The third-order valence-corrected chi connectivity index (χ3v) is 13.4. The van der Waals surface area contributed by atoms with E-state index in [9.17, 15) is 0 Å². The van der Waals surface area contributed by atoms with Gasteiger partial charge in [-0.2, -0.15) is 0 Å².